The maximum atomic E-state index is 13.2. The van der Waals surface area contributed by atoms with Crippen molar-refractivity contribution in [3.8, 4) is 0 Å². The SMILES string of the molecule is O=C(NC(c1ccc2c(c1)CCCC2)c1cccs1)c1cc(S(=O)(=O)N2CCOCC2)c[nH]1. The molecule has 3 heterocycles. The molecule has 1 amide bonds. The number of morpholine rings is 1. The number of nitrogens with one attached hydrogen (secondary N) is 2. The third-order valence-electron chi connectivity index (χ3n) is 6.32. The van der Waals surface area contributed by atoms with Gasteiger partial charge < -0.3 is 15.0 Å². The zero-order valence-electron chi connectivity index (χ0n) is 18.2. The van der Waals surface area contributed by atoms with E-state index < -0.39 is 10.0 Å². The van der Waals surface area contributed by atoms with Gasteiger partial charge in [0, 0.05) is 24.2 Å². The average molecular weight is 486 g/mol. The minimum atomic E-state index is -3.66. The molecule has 2 aromatic heterocycles. The van der Waals surface area contributed by atoms with Crippen LogP contribution in [0.15, 0.2) is 52.9 Å². The molecule has 1 aromatic carbocycles. The van der Waals surface area contributed by atoms with Crippen LogP contribution >= 0.6 is 11.3 Å². The highest BCUT2D eigenvalue weighted by Crippen LogP contribution is 2.30. The second kappa shape index (κ2) is 9.42. The fourth-order valence-corrected chi connectivity index (χ4v) is 6.71. The Balaban J connectivity index is 1.39. The van der Waals surface area contributed by atoms with Crippen molar-refractivity contribution in [2.24, 2.45) is 0 Å². The minimum absolute atomic E-state index is 0.0935. The monoisotopic (exact) mass is 485 g/mol. The Kier molecular flexibility index (Phi) is 6.38. The number of aromatic nitrogens is 1. The fraction of sp³-hybridized carbons (Fsp3) is 0.375. The van der Waals surface area contributed by atoms with Gasteiger partial charge in [-0.15, -0.1) is 11.3 Å². The average Bonchev–Trinajstić information content (AvgIpc) is 3.56. The fourth-order valence-electron chi connectivity index (χ4n) is 4.51. The number of aromatic amines is 1. The number of rotatable bonds is 6. The molecule has 1 aliphatic heterocycles. The summed E-state index contributed by atoms with van der Waals surface area (Å²) in [6.45, 7) is 1.38. The molecule has 0 bridgehead atoms. The van der Waals surface area contributed by atoms with Gasteiger partial charge in [0.1, 0.15) is 10.6 Å². The molecule has 1 saturated heterocycles. The highest BCUT2D eigenvalue weighted by atomic mass is 32.2. The number of carbonyl (C=O) groups excluding carboxylic acids is 1. The van der Waals surface area contributed by atoms with Crippen LogP contribution in [0.3, 0.4) is 0 Å². The van der Waals surface area contributed by atoms with E-state index in [9.17, 15) is 13.2 Å². The van der Waals surface area contributed by atoms with E-state index in [2.05, 4.69) is 28.5 Å². The molecular formula is C24H27N3O4S2. The lowest BCUT2D eigenvalue weighted by molar-refractivity contribution is 0.0730. The van der Waals surface area contributed by atoms with E-state index in [4.69, 9.17) is 4.74 Å². The van der Waals surface area contributed by atoms with Crippen molar-refractivity contribution in [1.82, 2.24) is 14.6 Å². The zero-order valence-corrected chi connectivity index (χ0v) is 19.9. The Morgan fingerprint density at radius 1 is 1.09 bits per heavy atom. The smallest absolute Gasteiger partial charge is 0.268 e. The van der Waals surface area contributed by atoms with Gasteiger partial charge in [0.25, 0.3) is 5.91 Å². The number of hydrogen-bond acceptors (Lipinski definition) is 5. The van der Waals surface area contributed by atoms with E-state index in [-0.39, 0.29) is 22.5 Å². The van der Waals surface area contributed by atoms with E-state index in [0.717, 1.165) is 23.3 Å². The number of fused-ring (bicyclic) bond motifs is 1. The third-order valence-corrected chi connectivity index (χ3v) is 9.13. The Bertz CT molecular complexity index is 1230. The van der Waals surface area contributed by atoms with Crippen molar-refractivity contribution in [3.63, 3.8) is 0 Å². The summed E-state index contributed by atoms with van der Waals surface area (Å²) in [7, 11) is -3.66. The summed E-state index contributed by atoms with van der Waals surface area (Å²) < 4.78 is 32.5. The zero-order chi connectivity index (χ0) is 22.8. The van der Waals surface area contributed by atoms with Gasteiger partial charge in [0.15, 0.2) is 0 Å². The number of thiophene rings is 1. The number of nitrogens with zero attached hydrogens (tertiary/aromatic N) is 1. The molecule has 9 heteroatoms. The molecule has 2 aliphatic rings. The van der Waals surface area contributed by atoms with Crippen LogP contribution in [0, 0.1) is 0 Å². The van der Waals surface area contributed by atoms with Crippen molar-refractivity contribution in [1.29, 1.82) is 0 Å². The van der Waals surface area contributed by atoms with Crippen LogP contribution in [-0.2, 0) is 27.6 Å². The first-order chi connectivity index (χ1) is 16.0. The first-order valence-corrected chi connectivity index (χ1v) is 13.6. The van der Waals surface area contributed by atoms with Crippen LogP contribution in [0.5, 0.6) is 0 Å². The van der Waals surface area contributed by atoms with Crippen molar-refractivity contribution in [2.75, 3.05) is 26.3 Å². The van der Waals surface area contributed by atoms with Gasteiger partial charge in [0.05, 0.1) is 19.3 Å². The van der Waals surface area contributed by atoms with Crippen molar-refractivity contribution >= 4 is 27.3 Å². The van der Waals surface area contributed by atoms with E-state index in [0.29, 0.717) is 26.3 Å². The second-order valence-electron chi connectivity index (χ2n) is 8.42. The lowest BCUT2D eigenvalue weighted by atomic mass is 9.89. The molecule has 1 atom stereocenters. The number of hydrogen-bond donors (Lipinski definition) is 2. The third kappa shape index (κ3) is 4.63. The van der Waals surface area contributed by atoms with Gasteiger partial charge >= 0.3 is 0 Å². The second-order valence-corrected chi connectivity index (χ2v) is 11.3. The Morgan fingerprint density at radius 2 is 1.88 bits per heavy atom. The van der Waals surface area contributed by atoms with Crippen LogP contribution in [0.1, 0.15) is 50.9 Å². The molecule has 1 fully saturated rings. The van der Waals surface area contributed by atoms with Gasteiger partial charge in [-0.1, -0.05) is 24.3 Å². The molecule has 0 saturated carbocycles. The molecule has 2 N–H and O–H groups in total. The quantitative estimate of drug-likeness (QED) is 0.559. The first-order valence-electron chi connectivity index (χ1n) is 11.2. The largest absolute Gasteiger partial charge is 0.379 e. The minimum Gasteiger partial charge on any atom is -0.379 e. The molecule has 1 unspecified atom stereocenters. The lowest BCUT2D eigenvalue weighted by Gasteiger charge is -2.25. The molecular weight excluding hydrogens is 458 g/mol. The predicted octanol–water partition coefficient (Wildman–Crippen LogP) is 3.50. The highest BCUT2D eigenvalue weighted by Gasteiger charge is 2.29. The van der Waals surface area contributed by atoms with Gasteiger partial charge in [-0.3, -0.25) is 4.79 Å². The van der Waals surface area contributed by atoms with Crippen LogP contribution in [0.4, 0.5) is 0 Å². The molecule has 5 rings (SSSR count). The summed E-state index contributed by atoms with van der Waals surface area (Å²) in [4.78, 5) is 17.1. The number of sulfonamides is 1. The summed E-state index contributed by atoms with van der Waals surface area (Å²) >= 11 is 1.59. The molecule has 174 valence electrons. The molecule has 3 aromatic rings. The van der Waals surface area contributed by atoms with E-state index in [1.807, 2.05) is 17.5 Å². The Morgan fingerprint density at radius 3 is 2.64 bits per heavy atom. The van der Waals surface area contributed by atoms with Crippen molar-refractivity contribution < 1.29 is 17.9 Å². The Labute approximate surface area is 197 Å². The number of amides is 1. The number of carbonyl (C=O) groups is 1. The summed E-state index contributed by atoms with van der Waals surface area (Å²) in [6.07, 6.45) is 5.97. The molecule has 1 aliphatic carbocycles. The topological polar surface area (TPSA) is 91.5 Å². The van der Waals surface area contributed by atoms with Crippen LogP contribution in [0.25, 0.3) is 0 Å². The van der Waals surface area contributed by atoms with E-state index in [1.54, 1.807) is 11.3 Å². The first kappa shape index (κ1) is 22.3. The maximum Gasteiger partial charge on any atom is 0.268 e. The number of H-pyrrole nitrogens is 1. The maximum absolute atomic E-state index is 13.2. The van der Waals surface area contributed by atoms with Crippen LogP contribution < -0.4 is 5.32 Å². The van der Waals surface area contributed by atoms with E-state index >= 15 is 0 Å². The van der Waals surface area contributed by atoms with E-state index in [1.165, 1.54) is 40.5 Å². The number of ether oxygens (including phenoxy) is 1. The van der Waals surface area contributed by atoms with Gasteiger partial charge in [-0.25, -0.2) is 8.42 Å². The summed E-state index contributed by atoms with van der Waals surface area (Å²) in [5.41, 5.74) is 4.01. The van der Waals surface area contributed by atoms with Crippen molar-refractivity contribution in [2.45, 2.75) is 36.6 Å². The summed E-state index contributed by atoms with van der Waals surface area (Å²) in [5.74, 6) is -0.338. The van der Waals surface area contributed by atoms with Crippen molar-refractivity contribution in [3.05, 3.63) is 75.2 Å². The highest BCUT2D eigenvalue weighted by molar-refractivity contribution is 7.89. The standard InChI is InChI=1S/C24H27N3O4S2/c28-24(21-15-20(16-25-21)33(29,30)27-9-11-31-12-10-27)26-23(22-6-3-13-32-22)19-8-7-17-4-1-2-5-18(17)14-19/h3,6-8,13-16,23,25H,1-2,4-5,9-12H2,(H,26,28). The number of benzene rings is 1. The van der Waals surface area contributed by atoms with Crippen LogP contribution in [0.2, 0.25) is 0 Å². The summed E-state index contributed by atoms with van der Waals surface area (Å²) in [5, 5.41) is 5.11. The normalized spacial score (nSPS) is 17.9. The molecule has 7 nitrogen and oxygen atoms in total. The molecule has 0 radical (unpaired) electrons. The van der Waals surface area contributed by atoms with Gasteiger partial charge in [-0.2, -0.15) is 4.31 Å². The molecule has 33 heavy (non-hydrogen) atoms. The summed E-state index contributed by atoms with van der Waals surface area (Å²) in [6, 6.07) is 11.6. The lowest BCUT2D eigenvalue weighted by Crippen LogP contribution is -2.40. The predicted molar refractivity (Wildman–Crippen MR) is 127 cm³/mol. The van der Waals surface area contributed by atoms with Gasteiger partial charge in [0.2, 0.25) is 10.0 Å². The Hall–Kier alpha value is -2.46. The van der Waals surface area contributed by atoms with Crippen LogP contribution in [-0.4, -0.2) is 49.9 Å². The molecule has 0 spiro atoms. The van der Waals surface area contributed by atoms with Gasteiger partial charge in [-0.05, 0) is 59.9 Å². The number of aryl methyl sites for hydroxylation is 2.